The number of halogens is 3. The third kappa shape index (κ3) is 17.4. The zero-order valence-electron chi connectivity index (χ0n) is 18.7. The molecule has 0 aliphatic heterocycles. The van der Waals surface area contributed by atoms with Gasteiger partial charge in [-0.1, -0.05) is 24.3 Å². The van der Waals surface area contributed by atoms with Crippen LogP contribution < -0.4 is 16.0 Å². The van der Waals surface area contributed by atoms with Crippen LogP contribution in [0.25, 0.3) is 0 Å². The third-order valence-electron chi connectivity index (χ3n) is 4.97. The van der Waals surface area contributed by atoms with Gasteiger partial charge in [-0.25, -0.2) is 0 Å². The minimum absolute atomic E-state index is 0. The molecule has 0 aromatic heterocycles. The molecule has 32 heavy (non-hydrogen) atoms. The minimum Gasteiger partial charge on any atom is -0.317 e. The second-order valence-electron chi connectivity index (χ2n) is 7.50. The first kappa shape index (κ1) is 34.1. The number of rotatable bonds is 16. The van der Waals surface area contributed by atoms with Gasteiger partial charge in [-0.3, -0.25) is 0 Å². The molecule has 3 N–H and O–H groups in total. The molecule has 0 saturated carbocycles. The molecule has 0 bridgehead atoms. The lowest BCUT2D eigenvalue weighted by Crippen LogP contribution is -2.22. The topological polar surface area (TPSA) is 36.1 Å². The van der Waals surface area contributed by atoms with Crippen molar-refractivity contribution < 1.29 is 0 Å². The Hall–Kier alpha value is -0.110. The van der Waals surface area contributed by atoms with Gasteiger partial charge in [0, 0.05) is 9.79 Å². The van der Waals surface area contributed by atoms with Crippen LogP contribution in [0, 0.1) is 0 Å². The van der Waals surface area contributed by atoms with Crippen molar-refractivity contribution >= 4 is 62.5 Å². The molecule has 184 valence electrons. The van der Waals surface area contributed by atoms with Crippen molar-refractivity contribution in [1.82, 2.24) is 16.0 Å². The van der Waals surface area contributed by atoms with Crippen LogP contribution in [0.5, 0.6) is 0 Å². The summed E-state index contributed by atoms with van der Waals surface area (Å²) in [7, 11) is 0. The van der Waals surface area contributed by atoms with E-state index in [1.54, 1.807) is 0 Å². The lowest BCUT2D eigenvalue weighted by molar-refractivity contribution is 0.554. The van der Waals surface area contributed by atoms with Crippen LogP contribution in [0.4, 0.5) is 0 Å². The lowest BCUT2D eigenvalue weighted by Gasteiger charge is -2.07. The van der Waals surface area contributed by atoms with Crippen molar-refractivity contribution in [3.05, 3.63) is 59.7 Å². The zero-order chi connectivity index (χ0) is 20.6. The van der Waals surface area contributed by atoms with Gasteiger partial charge in [0.15, 0.2) is 0 Å². The summed E-state index contributed by atoms with van der Waals surface area (Å²) in [4.78, 5) is 2.06. The Morgan fingerprint density at radius 1 is 0.438 bits per heavy atom. The molecule has 0 heterocycles. The van der Waals surface area contributed by atoms with Crippen molar-refractivity contribution in [3.8, 4) is 0 Å². The Balaban J connectivity index is 0. The molecule has 2 aromatic rings. The zero-order valence-corrected chi connectivity index (χ0v) is 23.0. The first-order chi connectivity index (χ1) is 14.2. The van der Waals surface area contributed by atoms with Crippen LogP contribution in [0.1, 0.15) is 36.8 Å². The van der Waals surface area contributed by atoms with Gasteiger partial charge in [0.2, 0.25) is 0 Å². The van der Waals surface area contributed by atoms with Crippen LogP contribution in [0.15, 0.2) is 58.3 Å². The number of hydrogen-bond acceptors (Lipinski definition) is 5. The highest BCUT2D eigenvalue weighted by molar-refractivity contribution is 7.80. The Labute approximate surface area is 224 Å². The number of unbranched alkanes of at least 4 members (excludes halogenated alkanes) is 2. The lowest BCUT2D eigenvalue weighted by atomic mass is 10.1. The van der Waals surface area contributed by atoms with E-state index in [0.29, 0.717) is 0 Å². The summed E-state index contributed by atoms with van der Waals surface area (Å²) in [6.45, 7) is 6.55. The van der Waals surface area contributed by atoms with Crippen LogP contribution >= 0.6 is 62.5 Å². The van der Waals surface area contributed by atoms with Crippen molar-refractivity contribution in [2.24, 2.45) is 0 Å². The molecule has 0 amide bonds. The number of thiol groups is 2. The summed E-state index contributed by atoms with van der Waals surface area (Å²) in [5, 5.41) is 10.6. The van der Waals surface area contributed by atoms with E-state index < -0.39 is 0 Å². The molecule has 0 radical (unpaired) electrons. The van der Waals surface area contributed by atoms with E-state index >= 15 is 0 Å². The molecule has 2 aromatic carbocycles. The first-order valence-electron chi connectivity index (χ1n) is 10.9. The summed E-state index contributed by atoms with van der Waals surface area (Å²) in [6.07, 6.45) is 7.12. The van der Waals surface area contributed by atoms with Crippen LogP contribution in [-0.4, -0.2) is 39.3 Å². The summed E-state index contributed by atoms with van der Waals surface area (Å²) in [5.74, 6) is 0. The van der Waals surface area contributed by atoms with Gasteiger partial charge >= 0.3 is 0 Å². The molecule has 2 rings (SSSR count). The fraction of sp³-hybridized carbons (Fsp3) is 0.500. The van der Waals surface area contributed by atoms with E-state index in [1.165, 1.54) is 36.8 Å². The standard InChI is InChI=1S/C24H37N3S2.3ClH/c28-23-9-5-21(6-10-23)13-19-26-17-3-1-15-25-16-2-4-18-27-20-14-22-7-11-24(29)12-8-22;;;/h5-12,25-29H,1-4,13-20H2;3*1H. The van der Waals surface area contributed by atoms with Crippen LogP contribution in [-0.2, 0) is 12.8 Å². The quantitative estimate of drug-likeness (QED) is 0.141. The Morgan fingerprint density at radius 3 is 1.03 bits per heavy atom. The maximum absolute atomic E-state index is 4.32. The molecule has 0 fully saturated rings. The predicted molar refractivity (Wildman–Crippen MR) is 154 cm³/mol. The average Bonchev–Trinajstić information content (AvgIpc) is 2.73. The van der Waals surface area contributed by atoms with E-state index in [2.05, 4.69) is 89.7 Å². The summed E-state index contributed by atoms with van der Waals surface area (Å²) >= 11 is 8.63. The Morgan fingerprint density at radius 2 is 0.719 bits per heavy atom. The van der Waals surface area contributed by atoms with Gasteiger partial charge in [0.25, 0.3) is 0 Å². The van der Waals surface area contributed by atoms with Gasteiger partial charge in [-0.15, -0.1) is 62.5 Å². The molecule has 0 aliphatic carbocycles. The van der Waals surface area contributed by atoms with Gasteiger partial charge < -0.3 is 16.0 Å². The normalized spacial score (nSPS) is 10.1. The molecule has 0 unspecified atom stereocenters. The monoisotopic (exact) mass is 539 g/mol. The Bertz CT molecular complexity index is 601. The molecular formula is C24H40Cl3N3S2. The number of hydrogen-bond donors (Lipinski definition) is 5. The van der Waals surface area contributed by atoms with E-state index in [1.807, 2.05) is 0 Å². The highest BCUT2D eigenvalue weighted by Crippen LogP contribution is 2.08. The fourth-order valence-electron chi connectivity index (χ4n) is 3.17. The third-order valence-corrected chi connectivity index (χ3v) is 5.56. The van der Waals surface area contributed by atoms with Crippen molar-refractivity contribution in [1.29, 1.82) is 0 Å². The maximum atomic E-state index is 4.32. The SMILES string of the molecule is Cl.Cl.Cl.Sc1ccc(CCNCCCCNCCCCNCCc2ccc(S)cc2)cc1. The second kappa shape index (κ2) is 22.7. The van der Waals surface area contributed by atoms with Gasteiger partial charge in [-0.05, 0) is 113 Å². The highest BCUT2D eigenvalue weighted by Gasteiger charge is 1.95. The van der Waals surface area contributed by atoms with Crippen molar-refractivity contribution in [3.63, 3.8) is 0 Å². The van der Waals surface area contributed by atoms with Gasteiger partial charge in [-0.2, -0.15) is 0 Å². The van der Waals surface area contributed by atoms with Gasteiger partial charge in [0.1, 0.15) is 0 Å². The average molecular weight is 541 g/mol. The highest BCUT2D eigenvalue weighted by atomic mass is 35.5. The molecule has 0 spiro atoms. The predicted octanol–water partition coefficient (Wildman–Crippen LogP) is 5.64. The smallest absolute Gasteiger partial charge is 0.00401 e. The van der Waals surface area contributed by atoms with Crippen LogP contribution in [0.3, 0.4) is 0 Å². The number of benzene rings is 2. The first-order valence-corrected chi connectivity index (χ1v) is 11.8. The molecule has 0 aliphatic rings. The fourth-order valence-corrected chi connectivity index (χ4v) is 3.46. The van der Waals surface area contributed by atoms with Crippen molar-refractivity contribution in [2.75, 3.05) is 39.3 Å². The summed E-state index contributed by atoms with van der Waals surface area (Å²) < 4.78 is 0. The Kier molecular flexibility index (Phi) is 24.1. The van der Waals surface area contributed by atoms with Crippen LogP contribution in [0.2, 0.25) is 0 Å². The van der Waals surface area contributed by atoms with Crippen molar-refractivity contribution in [2.45, 2.75) is 48.3 Å². The van der Waals surface area contributed by atoms with E-state index in [4.69, 9.17) is 0 Å². The summed E-state index contributed by atoms with van der Waals surface area (Å²) in [6, 6.07) is 16.9. The molecular weight excluding hydrogens is 501 g/mol. The van der Waals surface area contributed by atoms with Gasteiger partial charge in [0.05, 0.1) is 0 Å². The minimum atomic E-state index is 0. The van der Waals surface area contributed by atoms with E-state index in [0.717, 1.165) is 61.9 Å². The molecule has 8 heteroatoms. The molecule has 0 atom stereocenters. The number of nitrogens with one attached hydrogen (secondary N) is 3. The second-order valence-corrected chi connectivity index (χ2v) is 8.53. The summed E-state index contributed by atoms with van der Waals surface area (Å²) in [5.41, 5.74) is 2.75. The van der Waals surface area contributed by atoms with E-state index in [9.17, 15) is 0 Å². The molecule has 0 saturated heterocycles. The maximum Gasteiger partial charge on any atom is 0.00401 e. The van der Waals surface area contributed by atoms with E-state index in [-0.39, 0.29) is 37.2 Å². The largest absolute Gasteiger partial charge is 0.317 e. The molecule has 3 nitrogen and oxygen atoms in total.